The number of amides is 2. The maximum atomic E-state index is 13.3. The van der Waals surface area contributed by atoms with Gasteiger partial charge in [-0.05, 0) is 74.0 Å². The van der Waals surface area contributed by atoms with Gasteiger partial charge in [-0.2, -0.15) is 4.31 Å². The van der Waals surface area contributed by atoms with Crippen molar-refractivity contribution in [3.05, 3.63) is 65.2 Å². The van der Waals surface area contributed by atoms with Crippen LogP contribution in [0.15, 0.2) is 53.4 Å². The molecule has 204 valence electrons. The van der Waals surface area contributed by atoms with Crippen LogP contribution in [0.3, 0.4) is 0 Å². The topological polar surface area (TPSA) is 98.8 Å². The van der Waals surface area contributed by atoms with Gasteiger partial charge in [-0.1, -0.05) is 49.2 Å². The number of fused-ring (bicyclic) bond motifs is 1. The normalized spacial score (nSPS) is 23.2. The van der Waals surface area contributed by atoms with Gasteiger partial charge in [-0.3, -0.25) is 14.5 Å². The maximum Gasteiger partial charge on any atom is 0.243 e. The molecule has 2 amide bonds. The van der Waals surface area contributed by atoms with Gasteiger partial charge in [0.15, 0.2) is 0 Å². The molecule has 0 bridgehead atoms. The molecule has 2 aliphatic heterocycles. The second-order valence-corrected chi connectivity index (χ2v) is 12.6. The number of aryl methyl sites for hydroxylation is 1. The molecule has 9 heteroatoms. The lowest BCUT2D eigenvalue weighted by atomic mass is 9.86. The number of carbonyl (C=O) groups excluding carboxylic acids is 2. The summed E-state index contributed by atoms with van der Waals surface area (Å²) in [7, 11) is -3.90. The summed E-state index contributed by atoms with van der Waals surface area (Å²) in [4.78, 5) is 28.6. The minimum atomic E-state index is -3.90. The van der Waals surface area contributed by atoms with Crippen LogP contribution in [-0.2, 0) is 32.6 Å². The van der Waals surface area contributed by atoms with Crippen LogP contribution in [0.1, 0.15) is 67.7 Å². The van der Waals surface area contributed by atoms with Gasteiger partial charge in [0.2, 0.25) is 21.8 Å². The summed E-state index contributed by atoms with van der Waals surface area (Å²) in [5.74, 6) is -0.750. The first-order valence-electron chi connectivity index (χ1n) is 13.9. The zero-order chi connectivity index (χ0) is 26.5. The fourth-order valence-electron chi connectivity index (χ4n) is 6.00. The van der Waals surface area contributed by atoms with E-state index in [9.17, 15) is 18.0 Å². The monoisotopic (exact) mass is 538 g/mol. The lowest BCUT2D eigenvalue weighted by molar-refractivity contribution is -0.132. The third-order valence-corrected chi connectivity index (χ3v) is 9.89. The Morgan fingerprint density at radius 2 is 1.74 bits per heavy atom. The first-order valence-corrected chi connectivity index (χ1v) is 15.3. The van der Waals surface area contributed by atoms with E-state index in [4.69, 9.17) is 0 Å². The van der Waals surface area contributed by atoms with Crippen molar-refractivity contribution in [3.8, 4) is 0 Å². The number of hydrogen-bond acceptors (Lipinski definition) is 5. The summed E-state index contributed by atoms with van der Waals surface area (Å²) in [6.45, 7) is 3.63. The molecule has 0 aromatic heterocycles. The maximum absolute atomic E-state index is 13.3. The van der Waals surface area contributed by atoms with Gasteiger partial charge in [0.1, 0.15) is 6.04 Å². The van der Waals surface area contributed by atoms with Crippen molar-refractivity contribution < 1.29 is 18.0 Å². The minimum absolute atomic E-state index is 0.122. The highest BCUT2D eigenvalue weighted by molar-refractivity contribution is 7.89. The lowest BCUT2D eigenvalue weighted by Gasteiger charge is -2.34. The number of piperazine rings is 1. The van der Waals surface area contributed by atoms with Crippen molar-refractivity contribution in [3.63, 3.8) is 0 Å². The SMILES string of the molecule is O=C(CC1C(=O)NCCN1S(=O)(=O)c1ccccc1)NC1CCCc2cc(CN3CCCCCC3)ccc21. The molecule has 38 heavy (non-hydrogen) atoms. The summed E-state index contributed by atoms with van der Waals surface area (Å²) in [5.41, 5.74) is 3.72. The third kappa shape index (κ3) is 6.11. The highest BCUT2D eigenvalue weighted by Gasteiger charge is 2.40. The summed E-state index contributed by atoms with van der Waals surface area (Å²) >= 11 is 0. The molecule has 0 spiro atoms. The van der Waals surface area contributed by atoms with Crippen LogP contribution >= 0.6 is 0 Å². The number of likely N-dealkylation sites (tertiary alicyclic amines) is 1. The van der Waals surface area contributed by atoms with Crippen molar-refractivity contribution in [1.82, 2.24) is 19.8 Å². The Morgan fingerprint density at radius 1 is 0.974 bits per heavy atom. The number of sulfonamides is 1. The minimum Gasteiger partial charge on any atom is -0.353 e. The number of nitrogens with one attached hydrogen (secondary N) is 2. The Labute approximate surface area is 225 Å². The van der Waals surface area contributed by atoms with E-state index in [1.165, 1.54) is 53.2 Å². The molecular weight excluding hydrogens is 500 g/mol. The van der Waals surface area contributed by atoms with Crippen LogP contribution in [0.2, 0.25) is 0 Å². The van der Waals surface area contributed by atoms with Crippen LogP contribution in [0, 0.1) is 0 Å². The highest BCUT2D eigenvalue weighted by atomic mass is 32.2. The molecule has 2 aromatic carbocycles. The predicted octanol–water partition coefficient (Wildman–Crippen LogP) is 3.14. The number of rotatable bonds is 7. The van der Waals surface area contributed by atoms with Crippen LogP contribution in [0.25, 0.3) is 0 Å². The smallest absolute Gasteiger partial charge is 0.243 e. The van der Waals surface area contributed by atoms with Crippen LogP contribution in [0.4, 0.5) is 0 Å². The highest BCUT2D eigenvalue weighted by Crippen LogP contribution is 2.31. The first kappa shape index (κ1) is 26.8. The zero-order valence-corrected chi connectivity index (χ0v) is 22.7. The molecular formula is C29H38N4O4S. The fraction of sp³-hybridized carbons (Fsp3) is 0.517. The molecule has 0 saturated carbocycles. The van der Waals surface area contributed by atoms with Crippen LogP contribution < -0.4 is 10.6 Å². The largest absolute Gasteiger partial charge is 0.353 e. The number of benzene rings is 2. The summed E-state index contributed by atoms with van der Waals surface area (Å²) in [6.07, 6.45) is 7.75. The second kappa shape index (κ2) is 12.0. The van der Waals surface area contributed by atoms with E-state index in [0.29, 0.717) is 0 Å². The van der Waals surface area contributed by atoms with Gasteiger partial charge in [-0.15, -0.1) is 0 Å². The molecule has 2 atom stereocenters. The van der Waals surface area contributed by atoms with Gasteiger partial charge in [0.25, 0.3) is 0 Å². The average Bonchev–Trinajstić information content (AvgIpc) is 3.19. The molecule has 2 heterocycles. The molecule has 0 radical (unpaired) electrons. The average molecular weight is 539 g/mol. The van der Waals surface area contributed by atoms with Crippen LogP contribution in [-0.4, -0.2) is 61.7 Å². The van der Waals surface area contributed by atoms with E-state index in [2.05, 4.69) is 33.7 Å². The molecule has 2 saturated heterocycles. The molecule has 8 nitrogen and oxygen atoms in total. The molecule has 1 aliphatic carbocycles. The van der Waals surface area contributed by atoms with Gasteiger partial charge >= 0.3 is 0 Å². The summed E-state index contributed by atoms with van der Waals surface area (Å²) in [6, 6.07) is 13.5. The van der Waals surface area contributed by atoms with Gasteiger partial charge in [0.05, 0.1) is 17.4 Å². The van der Waals surface area contributed by atoms with Crippen molar-refractivity contribution in [2.75, 3.05) is 26.2 Å². The van der Waals surface area contributed by atoms with E-state index in [1.54, 1.807) is 18.2 Å². The standard InChI is InChI=1S/C29H38N4O4S/c34-28(20-27-29(35)30-15-18-33(27)38(36,37)24-10-4-3-5-11-24)31-26-12-8-9-23-19-22(13-14-25(23)26)21-32-16-6-1-2-7-17-32/h3-5,10-11,13-14,19,26-27H,1-2,6-9,12,15-18,20-21H2,(H,30,35)(H,31,34). The fourth-order valence-corrected chi connectivity index (χ4v) is 7.61. The molecule has 2 N–H and O–H groups in total. The third-order valence-electron chi connectivity index (χ3n) is 7.97. The van der Waals surface area contributed by atoms with Gasteiger partial charge in [0, 0.05) is 19.6 Å². The van der Waals surface area contributed by atoms with Gasteiger partial charge < -0.3 is 10.6 Å². The van der Waals surface area contributed by atoms with E-state index in [-0.39, 0.29) is 36.4 Å². The molecule has 2 aromatic rings. The quantitative estimate of drug-likeness (QED) is 0.565. The molecule has 3 aliphatic rings. The van der Waals surface area contributed by atoms with E-state index < -0.39 is 22.0 Å². The van der Waals surface area contributed by atoms with Crippen molar-refractivity contribution in [1.29, 1.82) is 0 Å². The predicted molar refractivity (Wildman–Crippen MR) is 146 cm³/mol. The number of carbonyl (C=O) groups is 2. The molecule has 2 fully saturated rings. The van der Waals surface area contributed by atoms with E-state index in [1.807, 2.05) is 0 Å². The number of nitrogens with zero attached hydrogens (tertiary/aromatic N) is 2. The van der Waals surface area contributed by atoms with Crippen molar-refractivity contribution in [2.45, 2.75) is 74.9 Å². The van der Waals surface area contributed by atoms with E-state index >= 15 is 0 Å². The van der Waals surface area contributed by atoms with Gasteiger partial charge in [-0.25, -0.2) is 8.42 Å². The van der Waals surface area contributed by atoms with E-state index in [0.717, 1.165) is 44.5 Å². The lowest BCUT2D eigenvalue weighted by Crippen LogP contribution is -2.58. The summed E-state index contributed by atoms with van der Waals surface area (Å²) in [5, 5.41) is 5.84. The Bertz CT molecular complexity index is 1240. The number of hydrogen-bond donors (Lipinski definition) is 2. The molecule has 5 rings (SSSR count). The Kier molecular flexibility index (Phi) is 8.45. The zero-order valence-electron chi connectivity index (χ0n) is 21.9. The Hall–Kier alpha value is -2.75. The Morgan fingerprint density at radius 3 is 2.50 bits per heavy atom. The summed E-state index contributed by atoms with van der Waals surface area (Å²) < 4.78 is 27.7. The second-order valence-electron chi connectivity index (χ2n) is 10.7. The van der Waals surface area contributed by atoms with Crippen molar-refractivity contribution >= 4 is 21.8 Å². The first-order chi connectivity index (χ1) is 18.4. The van der Waals surface area contributed by atoms with Crippen molar-refractivity contribution in [2.24, 2.45) is 0 Å². The molecule has 2 unspecified atom stereocenters. The Balaban J connectivity index is 1.26. The van der Waals surface area contributed by atoms with Crippen LogP contribution in [0.5, 0.6) is 0 Å².